The number of ether oxygens (including phenoxy) is 1. The van der Waals surface area contributed by atoms with Crippen molar-refractivity contribution in [3.05, 3.63) is 29.8 Å². The topological polar surface area (TPSA) is 63.6 Å². The van der Waals surface area contributed by atoms with E-state index in [9.17, 15) is 9.59 Å². The molecule has 0 heterocycles. The van der Waals surface area contributed by atoms with Gasteiger partial charge in [0.2, 0.25) is 0 Å². The molecule has 1 aromatic carbocycles. The van der Waals surface area contributed by atoms with Gasteiger partial charge in [-0.25, -0.2) is 4.79 Å². The largest absolute Gasteiger partial charge is 0.478 e. The number of esters is 1. The van der Waals surface area contributed by atoms with Crippen LogP contribution in [0, 0.1) is 0 Å². The lowest BCUT2D eigenvalue weighted by molar-refractivity contribution is -0.131. The van der Waals surface area contributed by atoms with Crippen LogP contribution in [0.2, 0.25) is 0 Å². The fourth-order valence-electron chi connectivity index (χ4n) is 0.887. The standard InChI is InChI=1S/C9H8O4.2Al/c1-6(10)13-8-5-3-2-4-7(8)9(11)12;;/h2-5H,1H3,(H,11,12);;. The molecule has 6 heteroatoms. The van der Waals surface area contributed by atoms with E-state index in [1.165, 1.54) is 19.1 Å². The Morgan fingerprint density at radius 1 is 1.20 bits per heavy atom. The fraction of sp³-hybridized carbons (Fsp3) is 0.111. The molecule has 4 nitrogen and oxygen atoms in total. The second-order valence-electron chi connectivity index (χ2n) is 2.39. The Kier molecular flexibility index (Phi) is 8.33. The summed E-state index contributed by atoms with van der Waals surface area (Å²) in [5, 5.41) is 8.69. The SMILES string of the molecule is CC(=O)Oc1ccccc1C(=O)O.[Al].[Al]. The van der Waals surface area contributed by atoms with E-state index in [-0.39, 0.29) is 46.0 Å². The minimum absolute atomic E-state index is 0. The lowest BCUT2D eigenvalue weighted by atomic mass is 10.2. The van der Waals surface area contributed by atoms with Gasteiger partial charge in [-0.05, 0) is 12.1 Å². The zero-order chi connectivity index (χ0) is 9.84. The number of hydrogen-bond donors (Lipinski definition) is 1. The van der Waals surface area contributed by atoms with E-state index in [1.54, 1.807) is 12.1 Å². The molecule has 74 valence electrons. The maximum absolute atomic E-state index is 10.6. The molecule has 0 spiro atoms. The molecule has 0 amide bonds. The van der Waals surface area contributed by atoms with Gasteiger partial charge in [-0.1, -0.05) is 12.1 Å². The van der Waals surface area contributed by atoms with Crippen molar-refractivity contribution in [3.63, 3.8) is 0 Å². The number of rotatable bonds is 2. The van der Waals surface area contributed by atoms with Crippen molar-refractivity contribution >= 4 is 46.7 Å². The molecule has 1 rings (SSSR count). The second-order valence-corrected chi connectivity index (χ2v) is 2.39. The molecule has 1 N–H and O–H groups in total. The average Bonchev–Trinajstić information content (AvgIpc) is 2.03. The first kappa shape index (κ1) is 16.6. The van der Waals surface area contributed by atoms with Gasteiger partial charge >= 0.3 is 11.9 Å². The molecule has 1 aromatic rings. The van der Waals surface area contributed by atoms with E-state index in [1.807, 2.05) is 0 Å². The van der Waals surface area contributed by atoms with Crippen LogP contribution in [-0.4, -0.2) is 51.8 Å². The summed E-state index contributed by atoms with van der Waals surface area (Å²) in [5.41, 5.74) is -0.0160. The molecule has 0 fully saturated rings. The van der Waals surface area contributed by atoms with Crippen molar-refractivity contribution in [1.29, 1.82) is 0 Å². The van der Waals surface area contributed by atoms with E-state index in [0.717, 1.165) is 0 Å². The van der Waals surface area contributed by atoms with Gasteiger partial charge in [0.05, 0.1) is 0 Å². The van der Waals surface area contributed by atoms with Gasteiger partial charge in [0.1, 0.15) is 11.3 Å². The number of carboxylic acids is 1. The van der Waals surface area contributed by atoms with Crippen molar-refractivity contribution in [2.45, 2.75) is 6.92 Å². The Bertz CT molecular complexity index is 352. The van der Waals surface area contributed by atoms with Crippen LogP contribution in [0.25, 0.3) is 0 Å². The van der Waals surface area contributed by atoms with Crippen LogP contribution in [0.3, 0.4) is 0 Å². The van der Waals surface area contributed by atoms with Crippen LogP contribution in [0.1, 0.15) is 17.3 Å². The van der Waals surface area contributed by atoms with Gasteiger partial charge in [0.15, 0.2) is 0 Å². The molecule has 0 aliphatic carbocycles. The highest BCUT2D eigenvalue weighted by atomic mass is 27.0. The Morgan fingerprint density at radius 2 is 1.73 bits per heavy atom. The predicted molar refractivity (Wildman–Crippen MR) is 56.2 cm³/mol. The summed E-state index contributed by atoms with van der Waals surface area (Å²) in [6, 6.07) is 5.98. The number of aromatic carboxylic acids is 1. The van der Waals surface area contributed by atoms with E-state index in [4.69, 9.17) is 5.11 Å². The molecule has 0 unspecified atom stereocenters. The molecule has 0 bridgehead atoms. The summed E-state index contributed by atoms with van der Waals surface area (Å²) in [6.07, 6.45) is 0. The highest BCUT2D eigenvalue weighted by molar-refractivity contribution is 5.91. The summed E-state index contributed by atoms with van der Waals surface area (Å²) in [6.45, 7) is 1.22. The number of para-hydroxylation sites is 1. The predicted octanol–water partition coefficient (Wildman–Crippen LogP) is 0.548. The normalized spacial score (nSPS) is 8.07. The number of carboxylic acid groups (broad SMARTS) is 1. The maximum atomic E-state index is 10.6. The minimum atomic E-state index is -1.11. The zero-order valence-electron chi connectivity index (χ0n) is 8.14. The molecular formula is C9H8Al2O4. The van der Waals surface area contributed by atoms with Gasteiger partial charge in [0.25, 0.3) is 0 Å². The van der Waals surface area contributed by atoms with Crippen molar-refractivity contribution in [3.8, 4) is 5.75 Å². The summed E-state index contributed by atoms with van der Waals surface area (Å²) in [7, 11) is 0. The number of benzene rings is 1. The Hall–Kier alpha value is -0.775. The Labute approximate surface area is 109 Å². The number of carbonyl (C=O) groups excluding carboxylic acids is 1. The third kappa shape index (κ3) is 5.02. The monoisotopic (exact) mass is 234 g/mol. The van der Waals surface area contributed by atoms with Gasteiger partial charge in [-0.15, -0.1) is 0 Å². The van der Waals surface area contributed by atoms with Crippen LogP contribution in [0.15, 0.2) is 24.3 Å². The van der Waals surface area contributed by atoms with E-state index >= 15 is 0 Å². The lowest BCUT2D eigenvalue weighted by Gasteiger charge is -2.03. The maximum Gasteiger partial charge on any atom is 0.339 e. The van der Waals surface area contributed by atoms with Crippen molar-refractivity contribution in [1.82, 2.24) is 0 Å². The van der Waals surface area contributed by atoms with Crippen LogP contribution in [0.4, 0.5) is 0 Å². The number of hydrogen-bond acceptors (Lipinski definition) is 3. The first-order chi connectivity index (χ1) is 6.11. The molecule has 0 aromatic heterocycles. The summed E-state index contributed by atoms with van der Waals surface area (Å²) < 4.78 is 4.69. The van der Waals surface area contributed by atoms with E-state index in [0.29, 0.717) is 0 Å². The fourth-order valence-corrected chi connectivity index (χ4v) is 0.887. The molecule has 0 saturated carbocycles. The van der Waals surface area contributed by atoms with E-state index in [2.05, 4.69) is 4.74 Å². The minimum Gasteiger partial charge on any atom is -0.478 e. The molecule has 6 radical (unpaired) electrons. The molecule has 0 saturated heterocycles. The smallest absolute Gasteiger partial charge is 0.339 e. The first-order valence-electron chi connectivity index (χ1n) is 3.62. The lowest BCUT2D eigenvalue weighted by Crippen LogP contribution is -2.06. The quantitative estimate of drug-likeness (QED) is 0.461. The molecule has 0 aliphatic rings. The van der Waals surface area contributed by atoms with Gasteiger partial charge in [0, 0.05) is 41.6 Å². The highest BCUT2D eigenvalue weighted by Gasteiger charge is 2.10. The van der Waals surface area contributed by atoms with Crippen LogP contribution in [-0.2, 0) is 4.79 Å². The van der Waals surface area contributed by atoms with Gasteiger partial charge < -0.3 is 9.84 Å². The molecular weight excluding hydrogens is 226 g/mol. The summed E-state index contributed by atoms with van der Waals surface area (Å²) in [4.78, 5) is 21.2. The Morgan fingerprint density at radius 3 is 2.20 bits per heavy atom. The number of carbonyl (C=O) groups is 2. The third-order valence-electron chi connectivity index (χ3n) is 1.37. The van der Waals surface area contributed by atoms with Crippen LogP contribution < -0.4 is 4.74 Å². The average molecular weight is 234 g/mol. The van der Waals surface area contributed by atoms with Crippen molar-refractivity contribution in [2.24, 2.45) is 0 Å². The zero-order valence-corrected chi connectivity index (χ0v) is 10.4. The molecule has 0 aliphatic heterocycles. The van der Waals surface area contributed by atoms with Crippen LogP contribution >= 0.6 is 0 Å². The summed E-state index contributed by atoms with van der Waals surface area (Å²) in [5.74, 6) is -1.58. The Balaban J connectivity index is 0. The second kappa shape index (κ2) is 7.51. The summed E-state index contributed by atoms with van der Waals surface area (Å²) >= 11 is 0. The van der Waals surface area contributed by atoms with Crippen molar-refractivity contribution in [2.75, 3.05) is 0 Å². The van der Waals surface area contributed by atoms with Gasteiger partial charge in [-0.2, -0.15) is 0 Å². The van der Waals surface area contributed by atoms with E-state index < -0.39 is 11.9 Å². The van der Waals surface area contributed by atoms with Crippen molar-refractivity contribution < 1.29 is 19.4 Å². The van der Waals surface area contributed by atoms with Crippen LogP contribution in [0.5, 0.6) is 5.75 Å². The first-order valence-corrected chi connectivity index (χ1v) is 3.62. The highest BCUT2D eigenvalue weighted by Crippen LogP contribution is 2.17. The third-order valence-corrected chi connectivity index (χ3v) is 1.37. The van der Waals surface area contributed by atoms with Gasteiger partial charge in [-0.3, -0.25) is 4.79 Å². The molecule has 0 atom stereocenters. The molecule has 15 heavy (non-hydrogen) atoms.